The quantitative estimate of drug-likeness (QED) is 0.379. The Morgan fingerprint density at radius 1 is 1.16 bits per heavy atom. The van der Waals surface area contributed by atoms with Crippen molar-refractivity contribution in [1.29, 1.82) is 0 Å². The van der Waals surface area contributed by atoms with Crippen LogP contribution >= 0.6 is 50.9 Å². The molecule has 2 N–H and O–H groups in total. The van der Waals surface area contributed by atoms with Crippen molar-refractivity contribution in [3.63, 3.8) is 0 Å². The lowest BCUT2D eigenvalue weighted by Crippen LogP contribution is -2.28. The zero-order valence-electron chi connectivity index (χ0n) is 17.4. The van der Waals surface area contributed by atoms with Crippen LogP contribution in [0.4, 0.5) is 5.69 Å². The summed E-state index contributed by atoms with van der Waals surface area (Å²) in [7, 11) is 1.79. The van der Waals surface area contributed by atoms with Gasteiger partial charge < -0.3 is 15.2 Å². The Kier molecular flexibility index (Phi) is 8.21. The highest BCUT2D eigenvalue weighted by atomic mass is 79.9. The molecule has 2 amide bonds. The molecule has 32 heavy (non-hydrogen) atoms. The molecule has 0 unspecified atom stereocenters. The molecule has 0 spiro atoms. The number of nitrogens with one attached hydrogen (secondary N) is 2. The first-order chi connectivity index (χ1) is 15.2. The van der Waals surface area contributed by atoms with Gasteiger partial charge in [0.1, 0.15) is 0 Å². The molecule has 0 radical (unpaired) electrons. The van der Waals surface area contributed by atoms with E-state index in [-0.39, 0.29) is 17.6 Å². The predicted octanol–water partition coefficient (Wildman–Crippen LogP) is 5.41. The Morgan fingerprint density at radius 3 is 2.59 bits per heavy atom. The molecule has 2 aromatic carbocycles. The fraction of sp³-hybridized carbons (Fsp3) is 0.238. The van der Waals surface area contributed by atoms with Crippen molar-refractivity contribution in [3.8, 4) is 0 Å². The SMILES string of the molecule is Cc1cc(Br)ccc1NC(=O)CSc1nnc([C@H](C)NC(=O)c2ccc(Cl)c(Cl)c2)n1C. The highest BCUT2D eigenvalue weighted by molar-refractivity contribution is 9.10. The van der Waals surface area contributed by atoms with Crippen molar-refractivity contribution in [2.45, 2.75) is 25.0 Å². The number of rotatable bonds is 7. The van der Waals surface area contributed by atoms with E-state index in [0.29, 0.717) is 26.6 Å². The van der Waals surface area contributed by atoms with E-state index in [2.05, 4.69) is 36.8 Å². The van der Waals surface area contributed by atoms with Crippen molar-refractivity contribution in [2.24, 2.45) is 7.05 Å². The summed E-state index contributed by atoms with van der Waals surface area (Å²) in [5.41, 5.74) is 2.12. The monoisotopic (exact) mass is 555 g/mol. The summed E-state index contributed by atoms with van der Waals surface area (Å²) in [6.45, 7) is 3.73. The van der Waals surface area contributed by atoms with Crippen LogP contribution in [-0.4, -0.2) is 32.3 Å². The zero-order chi connectivity index (χ0) is 23.4. The molecule has 7 nitrogen and oxygen atoms in total. The van der Waals surface area contributed by atoms with E-state index in [1.54, 1.807) is 30.7 Å². The average molecular weight is 557 g/mol. The van der Waals surface area contributed by atoms with E-state index in [1.165, 1.54) is 17.8 Å². The van der Waals surface area contributed by atoms with Gasteiger partial charge in [-0.2, -0.15) is 0 Å². The third-order valence-corrected chi connectivity index (χ3v) is 6.83. The van der Waals surface area contributed by atoms with Gasteiger partial charge in [0.25, 0.3) is 5.91 Å². The Hall–Kier alpha value is -2.07. The highest BCUT2D eigenvalue weighted by Gasteiger charge is 2.19. The summed E-state index contributed by atoms with van der Waals surface area (Å²) >= 11 is 16.6. The minimum atomic E-state index is -0.414. The molecular formula is C21H20BrCl2N5O2S. The number of hydrogen-bond donors (Lipinski definition) is 2. The fourth-order valence-electron chi connectivity index (χ4n) is 2.89. The summed E-state index contributed by atoms with van der Waals surface area (Å²) in [6, 6.07) is 9.92. The van der Waals surface area contributed by atoms with Crippen molar-refractivity contribution < 1.29 is 9.59 Å². The third kappa shape index (κ3) is 6.04. The number of aromatic nitrogens is 3. The van der Waals surface area contributed by atoms with E-state index in [9.17, 15) is 9.59 Å². The van der Waals surface area contributed by atoms with Crippen LogP contribution in [0, 0.1) is 6.92 Å². The van der Waals surface area contributed by atoms with Crippen LogP contribution in [0.25, 0.3) is 0 Å². The largest absolute Gasteiger partial charge is 0.342 e. The Bertz CT molecular complexity index is 1170. The topological polar surface area (TPSA) is 88.9 Å². The van der Waals surface area contributed by atoms with E-state index in [1.807, 2.05) is 25.1 Å². The van der Waals surface area contributed by atoms with E-state index in [0.717, 1.165) is 15.7 Å². The maximum Gasteiger partial charge on any atom is 0.251 e. The van der Waals surface area contributed by atoms with Crippen LogP contribution in [-0.2, 0) is 11.8 Å². The molecule has 11 heteroatoms. The summed E-state index contributed by atoms with van der Waals surface area (Å²) in [5, 5.41) is 15.3. The van der Waals surface area contributed by atoms with Crippen molar-refractivity contribution >= 4 is 68.4 Å². The van der Waals surface area contributed by atoms with Gasteiger partial charge in [0.05, 0.1) is 21.8 Å². The molecule has 168 valence electrons. The number of halogens is 3. The average Bonchev–Trinajstić information content (AvgIpc) is 3.11. The number of benzene rings is 2. The van der Waals surface area contributed by atoms with Crippen LogP contribution in [0.3, 0.4) is 0 Å². The number of hydrogen-bond acceptors (Lipinski definition) is 5. The third-order valence-electron chi connectivity index (χ3n) is 4.58. The normalized spacial score (nSPS) is 11.8. The Balaban J connectivity index is 1.59. The molecule has 1 atom stereocenters. The molecule has 1 aromatic heterocycles. The standard InChI is InChI=1S/C21H20BrCl2N5O2S/c1-11-8-14(22)5-7-17(11)26-18(30)10-32-21-28-27-19(29(21)3)12(2)25-20(31)13-4-6-15(23)16(24)9-13/h4-9,12H,10H2,1-3H3,(H,25,31)(H,26,30)/t12-/m0/s1. The smallest absolute Gasteiger partial charge is 0.251 e. The van der Waals surface area contributed by atoms with Crippen molar-refractivity contribution in [2.75, 3.05) is 11.1 Å². The van der Waals surface area contributed by atoms with Gasteiger partial charge in [-0.15, -0.1) is 10.2 Å². The molecular weight excluding hydrogens is 537 g/mol. The van der Waals surface area contributed by atoms with Crippen LogP contribution in [0.5, 0.6) is 0 Å². The van der Waals surface area contributed by atoms with E-state index >= 15 is 0 Å². The lowest BCUT2D eigenvalue weighted by Gasteiger charge is -2.14. The van der Waals surface area contributed by atoms with E-state index in [4.69, 9.17) is 23.2 Å². The van der Waals surface area contributed by atoms with Crippen molar-refractivity contribution in [3.05, 3.63) is 67.9 Å². The molecule has 3 aromatic rings. The van der Waals surface area contributed by atoms with Crippen LogP contribution < -0.4 is 10.6 Å². The lowest BCUT2D eigenvalue weighted by molar-refractivity contribution is -0.113. The molecule has 0 fully saturated rings. The Morgan fingerprint density at radius 2 is 1.91 bits per heavy atom. The summed E-state index contributed by atoms with van der Waals surface area (Å²) < 4.78 is 2.71. The van der Waals surface area contributed by atoms with Crippen LogP contribution in [0.15, 0.2) is 46.0 Å². The highest BCUT2D eigenvalue weighted by Crippen LogP contribution is 2.24. The first-order valence-corrected chi connectivity index (χ1v) is 12.0. The molecule has 0 saturated heterocycles. The molecule has 1 heterocycles. The lowest BCUT2D eigenvalue weighted by atomic mass is 10.2. The number of carbonyl (C=O) groups is 2. The minimum Gasteiger partial charge on any atom is -0.342 e. The maximum atomic E-state index is 12.5. The first-order valence-electron chi connectivity index (χ1n) is 9.49. The molecule has 0 bridgehead atoms. The second kappa shape index (κ2) is 10.7. The van der Waals surface area contributed by atoms with Gasteiger partial charge in [-0.05, 0) is 55.8 Å². The number of anilines is 1. The number of thioether (sulfide) groups is 1. The number of carbonyl (C=O) groups excluding carboxylic acids is 2. The van der Waals surface area contributed by atoms with Crippen LogP contribution in [0.2, 0.25) is 10.0 Å². The fourth-order valence-corrected chi connectivity index (χ4v) is 4.39. The number of nitrogens with zero attached hydrogens (tertiary/aromatic N) is 3. The summed E-state index contributed by atoms with van der Waals surface area (Å²) in [5.74, 6) is 0.277. The second-order valence-electron chi connectivity index (χ2n) is 7.02. The van der Waals surface area contributed by atoms with Gasteiger partial charge in [-0.25, -0.2) is 0 Å². The van der Waals surface area contributed by atoms with Gasteiger partial charge in [0, 0.05) is 22.8 Å². The zero-order valence-corrected chi connectivity index (χ0v) is 21.4. The summed E-state index contributed by atoms with van der Waals surface area (Å²) in [4.78, 5) is 24.9. The van der Waals surface area contributed by atoms with Gasteiger partial charge in [0.15, 0.2) is 11.0 Å². The van der Waals surface area contributed by atoms with Gasteiger partial charge in [0.2, 0.25) is 5.91 Å². The molecule has 0 aliphatic heterocycles. The maximum absolute atomic E-state index is 12.5. The number of aryl methyl sites for hydroxylation is 1. The summed E-state index contributed by atoms with van der Waals surface area (Å²) in [6.07, 6.45) is 0. The minimum absolute atomic E-state index is 0.147. The first kappa shape index (κ1) is 24.6. The van der Waals surface area contributed by atoms with Gasteiger partial charge >= 0.3 is 0 Å². The molecule has 0 aliphatic carbocycles. The van der Waals surface area contributed by atoms with Crippen molar-refractivity contribution in [1.82, 2.24) is 20.1 Å². The van der Waals surface area contributed by atoms with Gasteiger partial charge in [-0.3, -0.25) is 9.59 Å². The second-order valence-corrected chi connectivity index (χ2v) is 9.69. The molecule has 0 saturated carbocycles. The van der Waals surface area contributed by atoms with Crippen LogP contribution in [0.1, 0.15) is 34.7 Å². The predicted molar refractivity (Wildman–Crippen MR) is 132 cm³/mol. The number of amides is 2. The van der Waals surface area contributed by atoms with Gasteiger partial charge in [-0.1, -0.05) is 50.9 Å². The molecule has 0 aliphatic rings. The van der Waals surface area contributed by atoms with E-state index < -0.39 is 6.04 Å². The Labute approximate surface area is 208 Å². The molecule has 3 rings (SSSR count).